The molecular weight excluding hydrogens is 364 g/mol. The summed E-state index contributed by atoms with van der Waals surface area (Å²) in [6.07, 6.45) is 0. The van der Waals surface area contributed by atoms with Crippen molar-refractivity contribution in [2.45, 2.75) is 6.54 Å². The lowest BCUT2D eigenvalue weighted by Crippen LogP contribution is -2.49. The number of rotatable bonds is 3. The predicted octanol–water partition coefficient (Wildman–Crippen LogP) is 3.40. The van der Waals surface area contributed by atoms with Gasteiger partial charge in [-0.1, -0.05) is 41.9 Å². The minimum absolute atomic E-state index is 0.0944. The van der Waals surface area contributed by atoms with E-state index in [9.17, 15) is 9.59 Å². The van der Waals surface area contributed by atoms with Crippen molar-refractivity contribution in [3.8, 4) is 0 Å². The van der Waals surface area contributed by atoms with E-state index in [-0.39, 0.29) is 11.5 Å². The zero-order valence-electron chi connectivity index (χ0n) is 14.7. The predicted molar refractivity (Wildman–Crippen MR) is 105 cm³/mol. The van der Waals surface area contributed by atoms with Crippen LogP contribution in [0.3, 0.4) is 0 Å². The van der Waals surface area contributed by atoms with Crippen LogP contribution in [0.1, 0.15) is 15.9 Å². The molecule has 138 valence electrons. The van der Waals surface area contributed by atoms with Crippen LogP contribution in [0.25, 0.3) is 11.0 Å². The van der Waals surface area contributed by atoms with E-state index in [1.54, 1.807) is 23.1 Å². The highest BCUT2D eigenvalue weighted by Crippen LogP contribution is 2.16. The van der Waals surface area contributed by atoms with Gasteiger partial charge in [0, 0.05) is 43.1 Å². The molecule has 0 atom stereocenters. The Bertz CT molecular complexity index is 1040. The standard InChI is InChI=1S/C21H19ClN2O3/c22-17-6-3-4-15(12-17)14-23-8-10-24(11-9-23)20(25)18-13-16-5-1-2-7-19(16)27-21(18)26/h1-7,12-13H,8-11,14H2. The van der Waals surface area contributed by atoms with Crippen LogP contribution >= 0.6 is 11.6 Å². The Labute approximate surface area is 161 Å². The van der Waals surface area contributed by atoms with E-state index in [1.165, 1.54) is 0 Å². The second kappa shape index (κ2) is 7.55. The Morgan fingerprint density at radius 1 is 1.00 bits per heavy atom. The molecule has 0 saturated carbocycles. The number of carbonyl (C=O) groups excluding carboxylic acids is 1. The van der Waals surface area contributed by atoms with Gasteiger partial charge in [0.1, 0.15) is 11.1 Å². The number of fused-ring (bicyclic) bond motifs is 1. The number of nitrogens with zero attached hydrogens (tertiary/aromatic N) is 2. The van der Waals surface area contributed by atoms with Crippen LogP contribution in [-0.2, 0) is 6.54 Å². The van der Waals surface area contributed by atoms with E-state index in [0.717, 1.165) is 35.6 Å². The van der Waals surface area contributed by atoms with E-state index in [4.69, 9.17) is 16.0 Å². The number of halogens is 1. The third-order valence-electron chi connectivity index (χ3n) is 4.83. The number of benzene rings is 2. The zero-order valence-corrected chi connectivity index (χ0v) is 15.5. The highest BCUT2D eigenvalue weighted by Gasteiger charge is 2.25. The van der Waals surface area contributed by atoms with Gasteiger partial charge in [0.05, 0.1) is 0 Å². The van der Waals surface area contributed by atoms with E-state index in [2.05, 4.69) is 4.90 Å². The molecule has 1 fully saturated rings. The SMILES string of the molecule is O=C(c1cc2ccccc2oc1=O)N1CCN(Cc2cccc(Cl)c2)CC1. The third kappa shape index (κ3) is 3.89. The highest BCUT2D eigenvalue weighted by molar-refractivity contribution is 6.30. The van der Waals surface area contributed by atoms with Gasteiger partial charge in [-0.3, -0.25) is 9.69 Å². The molecule has 0 N–H and O–H groups in total. The number of carbonyl (C=O) groups is 1. The molecule has 0 aliphatic carbocycles. The molecule has 1 saturated heterocycles. The van der Waals surface area contributed by atoms with Crippen LogP contribution in [0, 0.1) is 0 Å². The van der Waals surface area contributed by atoms with Gasteiger partial charge in [-0.15, -0.1) is 0 Å². The summed E-state index contributed by atoms with van der Waals surface area (Å²) in [6.45, 7) is 3.44. The molecule has 1 aromatic heterocycles. The molecule has 27 heavy (non-hydrogen) atoms. The maximum absolute atomic E-state index is 12.8. The molecule has 2 aromatic carbocycles. The molecule has 0 spiro atoms. The normalized spacial score (nSPS) is 15.2. The Hall–Kier alpha value is -2.63. The third-order valence-corrected chi connectivity index (χ3v) is 5.06. The average molecular weight is 383 g/mol. The maximum Gasteiger partial charge on any atom is 0.349 e. The fraction of sp³-hybridized carbons (Fsp3) is 0.238. The average Bonchev–Trinajstić information content (AvgIpc) is 2.67. The number of hydrogen-bond donors (Lipinski definition) is 0. The molecule has 0 radical (unpaired) electrons. The fourth-order valence-electron chi connectivity index (χ4n) is 3.38. The summed E-state index contributed by atoms with van der Waals surface area (Å²) in [5.74, 6) is -0.267. The van der Waals surface area contributed by atoms with Gasteiger partial charge in [-0.2, -0.15) is 0 Å². The van der Waals surface area contributed by atoms with Crippen molar-refractivity contribution in [2.24, 2.45) is 0 Å². The summed E-state index contributed by atoms with van der Waals surface area (Å²) in [6, 6.07) is 16.6. The molecule has 0 bridgehead atoms. The summed E-state index contributed by atoms with van der Waals surface area (Å²) < 4.78 is 5.29. The Morgan fingerprint density at radius 3 is 2.56 bits per heavy atom. The van der Waals surface area contributed by atoms with Crippen LogP contribution in [-0.4, -0.2) is 41.9 Å². The lowest BCUT2D eigenvalue weighted by atomic mass is 10.1. The molecular formula is C21H19ClN2O3. The maximum atomic E-state index is 12.8. The molecule has 0 unspecified atom stereocenters. The molecule has 1 amide bonds. The van der Waals surface area contributed by atoms with E-state index in [1.807, 2.05) is 36.4 Å². The van der Waals surface area contributed by atoms with Gasteiger partial charge >= 0.3 is 5.63 Å². The Kier molecular flexibility index (Phi) is 4.97. The van der Waals surface area contributed by atoms with Gasteiger partial charge in [0.2, 0.25) is 0 Å². The molecule has 1 aliphatic rings. The summed E-state index contributed by atoms with van der Waals surface area (Å²) in [5.41, 5.74) is 1.15. The van der Waals surface area contributed by atoms with Crippen molar-refractivity contribution in [3.05, 3.63) is 81.2 Å². The van der Waals surface area contributed by atoms with E-state index in [0.29, 0.717) is 18.7 Å². The van der Waals surface area contributed by atoms with Crippen molar-refractivity contribution < 1.29 is 9.21 Å². The summed E-state index contributed by atoms with van der Waals surface area (Å²) >= 11 is 6.04. The molecule has 2 heterocycles. The van der Waals surface area contributed by atoms with Gasteiger partial charge in [0.15, 0.2) is 0 Å². The number of amides is 1. The molecule has 4 rings (SSSR count). The van der Waals surface area contributed by atoms with E-state index < -0.39 is 5.63 Å². The summed E-state index contributed by atoms with van der Waals surface area (Å²) in [7, 11) is 0. The second-order valence-corrected chi connectivity index (χ2v) is 7.12. The van der Waals surface area contributed by atoms with Crippen LogP contribution in [0.2, 0.25) is 5.02 Å². The van der Waals surface area contributed by atoms with Crippen LogP contribution in [0.5, 0.6) is 0 Å². The first kappa shape index (κ1) is 17.8. The smallest absolute Gasteiger partial charge is 0.349 e. The summed E-state index contributed by atoms with van der Waals surface area (Å²) in [4.78, 5) is 29.0. The van der Waals surface area contributed by atoms with Crippen molar-refractivity contribution in [3.63, 3.8) is 0 Å². The van der Waals surface area contributed by atoms with Crippen LogP contribution in [0.15, 0.2) is 63.8 Å². The molecule has 5 nitrogen and oxygen atoms in total. The first-order valence-corrected chi connectivity index (χ1v) is 9.27. The minimum Gasteiger partial charge on any atom is -0.422 e. The first-order valence-electron chi connectivity index (χ1n) is 8.89. The topological polar surface area (TPSA) is 53.8 Å². The second-order valence-electron chi connectivity index (χ2n) is 6.68. The highest BCUT2D eigenvalue weighted by atomic mass is 35.5. The molecule has 6 heteroatoms. The number of hydrogen-bond acceptors (Lipinski definition) is 4. The van der Waals surface area contributed by atoms with Crippen molar-refractivity contribution >= 4 is 28.5 Å². The van der Waals surface area contributed by atoms with Crippen molar-refractivity contribution in [1.82, 2.24) is 9.80 Å². The zero-order chi connectivity index (χ0) is 18.8. The van der Waals surface area contributed by atoms with Gasteiger partial charge in [0.25, 0.3) is 5.91 Å². The van der Waals surface area contributed by atoms with Crippen LogP contribution < -0.4 is 5.63 Å². The van der Waals surface area contributed by atoms with Gasteiger partial charge in [-0.05, 0) is 29.8 Å². The summed E-state index contributed by atoms with van der Waals surface area (Å²) in [5, 5.41) is 1.48. The Morgan fingerprint density at radius 2 is 1.78 bits per heavy atom. The van der Waals surface area contributed by atoms with E-state index >= 15 is 0 Å². The number of para-hydroxylation sites is 1. The quantitative estimate of drug-likeness (QED) is 0.651. The van der Waals surface area contributed by atoms with Gasteiger partial charge in [-0.25, -0.2) is 4.79 Å². The van der Waals surface area contributed by atoms with Crippen molar-refractivity contribution in [1.29, 1.82) is 0 Å². The molecule has 1 aliphatic heterocycles. The Balaban J connectivity index is 1.44. The van der Waals surface area contributed by atoms with Gasteiger partial charge < -0.3 is 9.32 Å². The monoisotopic (exact) mass is 382 g/mol. The largest absolute Gasteiger partial charge is 0.422 e. The molecule has 3 aromatic rings. The van der Waals surface area contributed by atoms with Crippen molar-refractivity contribution in [2.75, 3.05) is 26.2 Å². The number of piperazine rings is 1. The lowest BCUT2D eigenvalue weighted by Gasteiger charge is -2.34. The van der Waals surface area contributed by atoms with Crippen LogP contribution in [0.4, 0.5) is 0 Å². The first-order chi connectivity index (χ1) is 13.1. The minimum atomic E-state index is -0.583. The lowest BCUT2D eigenvalue weighted by molar-refractivity contribution is 0.0624. The fourth-order valence-corrected chi connectivity index (χ4v) is 3.60.